The van der Waals surface area contributed by atoms with Crippen molar-refractivity contribution >= 4 is 27.3 Å². The summed E-state index contributed by atoms with van der Waals surface area (Å²) in [4.78, 5) is 12.8. The van der Waals surface area contributed by atoms with Crippen molar-refractivity contribution in [2.45, 2.75) is 33.1 Å². The summed E-state index contributed by atoms with van der Waals surface area (Å²) in [7, 11) is -3.29. The quantitative estimate of drug-likeness (QED) is 0.889. The number of amides is 1. The molecule has 0 radical (unpaired) electrons. The van der Waals surface area contributed by atoms with Crippen LogP contribution in [0.4, 0.5) is 11.4 Å². The van der Waals surface area contributed by atoms with Gasteiger partial charge in [-0.15, -0.1) is 0 Å². The maximum atomic E-state index is 12.8. The fourth-order valence-electron chi connectivity index (χ4n) is 3.27. The number of rotatable bonds is 4. The predicted octanol–water partition coefficient (Wildman–Crippen LogP) is 3.74. The van der Waals surface area contributed by atoms with E-state index in [0.717, 1.165) is 29.7 Å². The topological polar surface area (TPSA) is 66.5 Å². The van der Waals surface area contributed by atoms with Gasteiger partial charge in [-0.25, -0.2) is 8.42 Å². The molecule has 0 unspecified atom stereocenters. The first-order chi connectivity index (χ1) is 12.4. The molecule has 138 valence electrons. The van der Waals surface area contributed by atoms with Crippen molar-refractivity contribution in [2.24, 2.45) is 0 Å². The molecule has 1 heterocycles. The lowest BCUT2D eigenvalue weighted by molar-refractivity contribution is 0.102. The average Bonchev–Trinajstić information content (AvgIpc) is 2.63. The third kappa shape index (κ3) is 3.75. The molecule has 1 aliphatic heterocycles. The minimum atomic E-state index is -3.29. The lowest BCUT2D eigenvalue weighted by atomic mass is 10.1. The zero-order valence-corrected chi connectivity index (χ0v) is 16.0. The highest BCUT2D eigenvalue weighted by Crippen LogP contribution is 2.26. The van der Waals surface area contributed by atoms with E-state index < -0.39 is 10.0 Å². The van der Waals surface area contributed by atoms with Gasteiger partial charge in [-0.2, -0.15) is 0 Å². The van der Waals surface area contributed by atoms with Crippen LogP contribution < -0.4 is 9.62 Å². The number of anilines is 2. The number of sulfonamides is 1. The molecule has 1 amide bonds. The summed E-state index contributed by atoms with van der Waals surface area (Å²) in [5, 5.41) is 2.99. The van der Waals surface area contributed by atoms with Gasteiger partial charge in [-0.3, -0.25) is 9.10 Å². The smallest absolute Gasteiger partial charge is 0.255 e. The van der Waals surface area contributed by atoms with E-state index >= 15 is 0 Å². The summed E-state index contributed by atoms with van der Waals surface area (Å²) >= 11 is 0. The number of para-hydroxylation sites is 1. The van der Waals surface area contributed by atoms with E-state index in [2.05, 4.69) is 5.32 Å². The van der Waals surface area contributed by atoms with E-state index in [1.54, 1.807) is 24.3 Å². The standard InChI is InChI=1S/C20H24N2O3S/c1-3-16-9-6-8-15(2)19(16)21-20(23)17-10-7-11-18(14-17)22-12-4-5-13-26(22,24)25/h6-11,14H,3-5,12-13H2,1-2H3,(H,21,23). The van der Waals surface area contributed by atoms with Crippen molar-refractivity contribution in [2.75, 3.05) is 21.9 Å². The fraction of sp³-hybridized carbons (Fsp3) is 0.350. The summed E-state index contributed by atoms with van der Waals surface area (Å²) in [6.07, 6.45) is 2.34. The van der Waals surface area contributed by atoms with Crippen LogP contribution in [0, 0.1) is 6.92 Å². The molecule has 0 atom stereocenters. The van der Waals surface area contributed by atoms with Crippen molar-refractivity contribution in [3.05, 3.63) is 59.2 Å². The average molecular weight is 372 g/mol. The van der Waals surface area contributed by atoms with Crippen molar-refractivity contribution < 1.29 is 13.2 Å². The number of benzene rings is 2. The lowest BCUT2D eigenvalue weighted by Crippen LogP contribution is -2.37. The molecular formula is C20H24N2O3S. The highest BCUT2D eigenvalue weighted by atomic mass is 32.2. The first kappa shape index (κ1) is 18.5. The third-order valence-corrected chi connectivity index (χ3v) is 6.59. The fourth-order valence-corrected chi connectivity index (χ4v) is 4.90. The normalized spacial score (nSPS) is 16.3. The Balaban J connectivity index is 1.88. The number of hydrogen-bond acceptors (Lipinski definition) is 3. The van der Waals surface area contributed by atoms with Gasteiger partial charge in [0.15, 0.2) is 0 Å². The summed E-state index contributed by atoms with van der Waals surface area (Å²) in [5.41, 5.74) is 3.92. The second-order valence-electron chi connectivity index (χ2n) is 6.56. The molecule has 1 saturated heterocycles. The Morgan fingerprint density at radius 3 is 2.65 bits per heavy atom. The second-order valence-corrected chi connectivity index (χ2v) is 8.58. The molecular weight excluding hydrogens is 348 g/mol. The predicted molar refractivity (Wildman–Crippen MR) is 105 cm³/mol. The van der Waals surface area contributed by atoms with Gasteiger partial charge < -0.3 is 5.32 Å². The van der Waals surface area contributed by atoms with Crippen LogP contribution in [-0.2, 0) is 16.4 Å². The van der Waals surface area contributed by atoms with Gasteiger partial charge in [0.1, 0.15) is 0 Å². The Morgan fingerprint density at radius 2 is 1.92 bits per heavy atom. The Kier molecular flexibility index (Phi) is 5.32. The number of carbonyl (C=O) groups is 1. The van der Waals surface area contributed by atoms with Gasteiger partial charge in [-0.1, -0.05) is 31.2 Å². The summed E-state index contributed by atoms with van der Waals surface area (Å²) in [6.45, 7) is 4.48. The Morgan fingerprint density at radius 1 is 1.15 bits per heavy atom. The second kappa shape index (κ2) is 7.50. The Hall–Kier alpha value is -2.34. The van der Waals surface area contributed by atoms with Crippen LogP contribution in [0.1, 0.15) is 41.3 Å². The van der Waals surface area contributed by atoms with Crippen LogP contribution in [0.2, 0.25) is 0 Å². The summed E-state index contributed by atoms with van der Waals surface area (Å²) < 4.78 is 26.0. The first-order valence-electron chi connectivity index (χ1n) is 8.92. The largest absolute Gasteiger partial charge is 0.321 e. The molecule has 1 N–H and O–H groups in total. The monoisotopic (exact) mass is 372 g/mol. The lowest BCUT2D eigenvalue weighted by Gasteiger charge is -2.28. The van der Waals surface area contributed by atoms with Gasteiger partial charge in [0, 0.05) is 17.8 Å². The van der Waals surface area contributed by atoms with Crippen LogP contribution in [0.25, 0.3) is 0 Å². The molecule has 0 aliphatic carbocycles. The zero-order valence-electron chi connectivity index (χ0n) is 15.2. The molecule has 2 aromatic rings. The van der Waals surface area contributed by atoms with Crippen molar-refractivity contribution in [1.29, 1.82) is 0 Å². The number of carbonyl (C=O) groups excluding carboxylic acids is 1. The molecule has 1 fully saturated rings. The SMILES string of the molecule is CCc1cccc(C)c1NC(=O)c1cccc(N2CCCCS2(=O)=O)c1. The van der Waals surface area contributed by atoms with E-state index in [9.17, 15) is 13.2 Å². The molecule has 1 aliphatic rings. The van der Waals surface area contributed by atoms with E-state index in [1.807, 2.05) is 32.0 Å². The van der Waals surface area contributed by atoms with E-state index in [0.29, 0.717) is 24.2 Å². The van der Waals surface area contributed by atoms with Gasteiger partial charge in [0.2, 0.25) is 10.0 Å². The van der Waals surface area contributed by atoms with Crippen LogP contribution in [0.3, 0.4) is 0 Å². The van der Waals surface area contributed by atoms with Crippen molar-refractivity contribution in [3.63, 3.8) is 0 Å². The highest BCUT2D eigenvalue weighted by molar-refractivity contribution is 7.92. The minimum Gasteiger partial charge on any atom is -0.321 e. The van der Waals surface area contributed by atoms with E-state index in [4.69, 9.17) is 0 Å². The van der Waals surface area contributed by atoms with Crippen LogP contribution in [0.15, 0.2) is 42.5 Å². The maximum absolute atomic E-state index is 12.8. The van der Waals surface area contributed by atoms with Crippen LogP contribution in [0.5, 0.6) is 0 Å². The Labute approximate surface area is 155 Å². The summed E-state index contributed by atoms with van der Waals surface area (Å²) in [6, 6.07) is 12.8. The number of hydrogen-bond donors (Lipinski definition) is 1. The Bertz CT molecular complexity index is 922. The molecule has 6 heteroatoms. The minimum absolute atomic E-state index is 0.159. The first-order valence-corrected chi connectivity index (χ1v) is 10.5. The molecule has 3 rings (SSSR count). The molecule has 0 bridgehead atoms. The number of aryl methyl sites for hydroxylation is 2. The molecule has 0 saturated carbocycles. The molecule has 2 aromatic carbocycles. The van der Waals surface area contributed by atoms with E-state index in [-0.39, 0.29) is 11.7 Å². The van der Waals surface area contributed by atoms with Gasteiger partial charge >= 0.3 is 0 Å². The number of nitrogens with one attached hydrogen (secondary N) is 1. The van der Waals surface area contributed by atoms with E-state index in [1.165, 1.54) is 4.31 Å². The highest BCUT2D eigenvalue weighted by Gasteiger charge is 2.26. The molecule has 5 nitrogen and oxygen atoms in total. The van der Waals surface area contributed by atoms with Crippen molar-refractivity contribution in [1.82, 2.24) is 0 Å². The van der Waals surface area contributed by atoms with Crippen LogP contribution >= 0.6 is 0 Å². The molecule has 0 spiro atoms. The number of nitrogens with zero attached hydrogens (tertiary/aromatic N) is 1. The van der Waals surface area contributed by atoms with Gasteiger partial charge in [0.25, 0.3) is 5.91 Å². The van der Waals surface area contributed by atoms with Crippen LogP contribution in [-0.4, -0.2) is 26.6 Å². The summed E-state index contributed by atoms with van der Waals surface area (Å²) in [5.74, 6) is -0.0720. The molecule has 0 aromatic heterocycles. The zero-order chi connectivity index (χ0) is 18.7. The van der Waals surface area contributed by atoms with Gasteiger partial charge in [-0.05, 0) is 55.5 Å². The van der Waals surface area contributed by atoms with Crippen molar-refractivity contribution in [3.8, 4) is 0 Å². The maximum Gasteiger partial charge on any atom is 0.255 e. The van der Waals surface area contributed by atoms with Gasteiger partial charge in [0.05, 0.1) is 11.4 Å². The third-order valence-electron chi connectivity index (χ3n) is 4.72. The molecule has 26 heavy (non-hydrogen) atoms.